The molecule has 1 fully saturated rings. The van der Waals surface area contributed by atoms with Crippen molar-refractivity contribution in [3.8, 4) is 17.1 Å². The Bertz CT molecular complexity index is 1580. The van der Waals surface area contributed by atoms with Crippen LogP contribution in [0.5, 0.6) is 5.75 Å². The van der Waals surface area contributed by atoms with Crippen LogP contribution in [-0.2, 0) is 13.0 Å². The van der Waals surface area contributed by atoms with Gasteiger partial charge in [-0.2, -0.15) is 5.21 Å². The topological polar surface area (TPSA) is 92.4 Å². The number of hydrogen-bond acceptors (Lipinski definition) is 5. The van der Waals surface area contributed by atoms with Crippen LogP contribution in [0.4, 0.5) is 13.2 Å². The van der Waals surface area contributed by atoms with Gasteiger partial charge in [0.15, 0.2) is 11.6 Å². The fraction of sp³-hybridized carbons (Fsp3) is 0.286. The van der Waals surface area contributed by atoms with E-state index in [2.05, 4.69) is 30.6 Å². The SMILES string of the molecule is Fc1cc2nc(CC3CCCCC3c3ccc(Cl)cc3OCc3ccc(-c4nn[nH]n4)c(F)c3)[nH]c2cc1F. The number of H-pyrrole nitrogens is 2. The first-order valence-electron chi connectivity index (χ1n) is 12.7. The quantitative estimate of drug-likeness (QED) is 0.229. The maximum Gasteiger partial charge on any atom is 0.207 e. The highest BCUT2D eigenvalue weighted by atomic mass is 35.5. The van der Waals surface area contributed by atoms with Gasteiger partial charge < -0.3 is 9.72 Å². The smallest absolute Gasteiger partial charge is 0.207 e. The van der Waals surface area contributed by atoms with Crippen molar-refractivity contribution in [2.75, 3.05) is 0 Å². The molecule has 0 saturated heterocycles. The molecule has 7 nitrogen and oxygen atoms in total. The largest absolute Gasteiger partial charge is 0.489 e. The second kappa shape index (κ2) is 10.7. The number of nitrogens with one attached hydrogen (secondary N) is 2. The molecule has 39 heavy (non-hydrogen) atoms. The maximum atomic E-state index is 14.7. The van der Waals surface area contributed by atoms with Gasteiger partial charge in [0.25, 0.3) is 0 Å². The fourth-order valence-electron chi connectivity index (χ4n) is 5.47. The molecule has 2 heterocycles. The van der Waals surface area contributed by atoms with Gasteiger partial charge in [0, 0.05) is 23.6 Å². The predicted molar refractivity (Wildman–Crippen MR) is 140 cm³/mol. The zero-order valence-electron chi connectivity index (χ0n) is 20.7. The van der Waals surface area contributed by atoms with Crippen LogP contribution in [0.1, 0.15) is 48.6 Å². The van der Waals surface area contributed by atoms with Crippen LogP contribution in [0.25, 0.3) is 22.4 Å². The van der Waals surface area contributed by atoms with Crippen molar-refractivity contribution in [1.29, 1.82) is 0 Å². The van der Waals surface area contributed by atoms with Crippen LogP contribution in [0.15, 0.2) is 48.5 Å². The van der Waals surface area contributed by atoms with E-state index in [4.69, 9.17) is 16.3 Å². The van der Waals surface area contributed by atoms with Crippen molar-refractivity contribution in [2.24, 2.45) is 5.92 Å². The van der Waals surface area contributed by atoms with E-state index >= 15 is 0 Å². The van der Waals surface area contributed by atoms with Crippen LogP contribution < -0.4 is 4.74 Å². The minimum Gasteiger partial charge on any atom is -0.489 e. The highest BCUT2D eigenvalue weighted by Gasteiger charge is 2.30. The molecule has 0 aliphatic heterocycles. The second-order valence-electron chi connectivity index (χ2n) is 9.84. The summed E-state index contributed by atoms with van der Waals surface area (Å²) in [6, 6.07) is 12.6. The van der Waals surface area contributed by atoms with Gasteiger partial charge in [0.05, 0.1) is 16.6 Å². The molecule has 0 radical (unpaired) electrons. The molecule has 0 bridgehead atoms. The fourth-order valence-corrected chi connectivity index (χ4v) is 5.63. The zero-order valence-corrected chi connectivity index (χ0v) is 21.5. The molecule has 0 amide bonds. The van der Waals surface area contributed by atoms with Crippen LogP contribution in [-0.4, -0.2) is 30.6 Å². The monoisotopic (exact) mass is 552 g/mol. The Hall–Kier alpha value is -3.92. The average Bonchev–Trinajstić information content (AvgIpc) is 3.58. The number of fused-ring (bicyclic) bond motifs is 1. The normalized spacial score (nSPS) is 17.5. The zero-order chi connectivity index (χ0) is 26.9. The molecule has 2 N–H and O–H groups in total. The Morgan fingerprint density at radius 1 is 0.949 bits per heavy atom. The maximum absolute atomic E-state index is 14.7. The number of aromatic nitrogens is 6. The molecule has 1 aliphatic rings. The molecule has 6 rings (SSSR count). The van der Waals surface area contributed by atoms with E-state index in [1.165, 1.54) is 6.07 Å². The number of aromatic amines is 2. The van der Waals surface area contributed by atoms with E-state index in [-0.39, 0.29) is 29.8 Å². The Kier molecular flexibility index (Phi) is 6.95. The van der Waals surface area contributed by atoms with E-state index < -0.39 is 17.5 Å². The molecule has 2 unspecified atom stereocenters. The lowest BCUT2D eigenvalue weighted by Crippen LogP contribution is -2.21. The minimum absolute atomic E-state index is 0.148. The number of rotatable bonds is 7. The summed E-state index contributed by atoms with van der Waals surface area (Å²) in [6.45, 7) is 0.148. The van der Waals surface area contributed by atoms with Crippen molar-refractivity contribution < 1.29 is 17.9 Å². The lowest BCUT2D eigenvalue weighted by atomic mass is 9.73. The molecule has 200 valence electrons. The van der Waals surface area contributed by atoms with Crippen LogP contribution in [0, 0.1) is 23.4 Å². The summed E-state index contributed by atoms with van der Waals surface area (Å²) in [5, 5.41) is 14.0. The molecule has 0 spiro atoms. The Morgan fingerprint density at radius 2 is 1.79 bits per heavy atom. The van der Waals surface area contributed by atoms with Crippen molar-refractivity contribution in [3.05, 3.63) is 88.0 Å². The van der Waals surface area contributed by atoms with Crippen molar-refractivity contribution in [1.82, 2.24) is 30.6 Å². The lowest BCUT2D eigenvalue weighted by molar-refractivity contribution is 0.272. The summed E-state index contributed by atoms with van der Waals surface area (Å²) in [5.41, 5.74) is 2.81. The van der Waals surface area contributed by atoms with Gasteiger partial charge in [0.2, 0.25) is 5.82 Å². The number of tetrazole rings is 1. The van der Waals surface area contributed by atoms with E-state index in [1.54, 1.807) is 18.2 Å². The van der Waals surface area contributed by atoms with Gasteiger partial charge in [0.1, 0.15) is 24.0 Å². The number of nitrogens with zero attached hydrogens (tertiary/aromatic N) is 4. The summed E-state index contributed by atoms with van der Waals surface area (Å²) >= 11 is 6.34. The van der Waals surface area contributed by atoms with Gasteiger partial charge in [-0.15, -0.1) is 10.2 Å². The first-order valence-corrected chi connectivity index (χ1v) is 13.1. The molecule has 2 aromatic heterocycles. The van der Waals surface area contributed by atoms with Gasteiger partial charge in [-0.05, 0) is 65.3 Å². The van der Waals surface area contributed by atoms with Crippen LogP contribution in [0.2, 0.25) is 5.02 Å². The summed E-state index contributed by atoms with van der Waals surface area (Å²) in [5.74, 6) is -0.351. The lowest BCUT2D eigenvalue weighted by Gasteiger charge is -2.32. The van der Waals surface area contributed by atoms with E-state index in [0.717, 1.165) is 43.4 Å². The number of ether oxygens (including phenoxy) is 1. The van der Waals surface area contributed by atoms with E-state index in [0.29, 0.717) is 39.6 Å². The van der Waals surface area contributed by atoms with Gasteiger partial charge in [-0.3, -0.25) is 0 Å². The molecular weight excluding hydrogens is 529 g/mol. The Labute approximate surface area is 226 Å². The van der Waals surface area contributed by atoms with E-state index in [9.17, 15) is 13.2 Å². The third-order valence-electron chi connectivity index (χ3n) is 7.33. The highest BCUT2D eigenvalue weighted by Crippen LogP contribution is 2.43. The van der Waals surface area contributed by atoms with Gasteiger partial charge in [-0.25, -0.2) is 18.2 Å². The minimum atomic E-state index is -0.914. The summed E-state index contributed by atoms with van der Waals surface area (Å²) < 4.78 is 48.3. The summed E-state index contributed by atoms with van der Waals surface area (Å²) in [4.78, 5) is 7.67. The molecule has 11 heteroatoms. The molecule has 1 saturated carbocycles. The predicted octanol–water partition coefficient (Wildman–Crippen LogP) is 6.91. The number of halogens is 4. The standard InChI is InChI=1S/C28H24ClF3N6O/c29-17-6-8-19(26(11-17)39-14-15-5-7-20(21(30)9-15)28-35-37-38-36-28)18-4-2-1-3-16(18)10-27-33-24-12-22(31)23(32)13-25(24)34-27/h5-9,11-13,16,18H,1-4,10,14H2,(H,33,34)(H,35,36,37,38). The van der Waals surface area contributed by atoms with Crippen molar-refractivity contribution in [3.63, 3.8) is 0 Å². The number of hydrogen-bond donors (Lipinski definition) is 2. The molecule has 2 atom stereocenters. The molecule has 1 aliphatic carbocycles. The van der Waals surface area contributed by atoms with Gasteiger partial charge >= 0.3 is 0 Å². The second-order valence-corrected chi connectivity index (χ2v) is 10.3. The van der Waals surface area contributed by atoms with Gasteiger partial charge in [-0.1, -0.05) is 36.6 Å². The van der Waals surface area contributed by atoms with Crippen molar-refractivity contribution >= 4 is 22.6 Å². The Balaban J connectivity index is 1.23. The average molecular weight is 553 g/mol. The molecule has 3 aromatic carbocycles. The molecular formula is C28H24ClF3N6O. The van der Waals surface area contributed by atoms with Crippen LogP contribution >= 0.6 is 11.6 Å². The number of imidazole rings is 1. The summed E-state index contributed by atoms with van der Waals surface area (Å²) in [7, 11) is 0. The highest BCUT2D eigenvalue weighted by molar-refractivity contribution is 6.30. The van der Waals surface area contributed by atoms with Crippen LogP contribution in [0.3, 0.4) is 0 Å². The number of benzene rings is 3. The van der Waals surface area contributed by atoms with Crippen molar-refractivity contribution in [2.45, 2.75) is 44.6 Å². The Morgan fingerprint density at radius 3 is 2.62 bits per heavy atom. The summed E-state index contributed by atoms with van der Waals surface area (Å²) in [6.07, 6.45) is 4.73. The third-order valence-corrected chi connectivity index (χ3v) is 7.56. The molecule has 5 aromatic rings. The first kappa shape index (κ1) is 25.4. The van der Waals surface area contributed by atoms with E-state index in [1.807, 2.05) is 12.1 Å². The third kappa shape index (κ3) is 5.34. The first-order chi connectivity index (χ1) is 18.9.